The minimum Gasteiger partial charge on any atom is -0.348 e. The lowest BCUT2D eigenvalue weighted by molar-refractivity contribution is -0.121. The number of hydrogen-bond acceptors (Lipinski definition) is 2. The summed E-state index contributed by atoms with van der Waals surface area (Å²) in [5.74, 6) is -1.43. The molecule has 0 radical (unpaired) electrons. The van der Waals surface area contributed by atoms with Crippen molar-refractivity contribution in [3.8, 4) is 0 Å². The Morgan fingerprint density at radius 1 is 1.24 bits per heavy atom. The molecule has 4 nitrogen and oxygen atoms in total. The number of carbonyl (C=O) groups is 2. The number of nitrogens with one attached hydrogen (secondary N) is 2. The van der Waals surface area contributed by atoms with Crippen LogP contribution in [0.5, 0.6) is 0 Å². The van der Waals surface area contributed by atoms with Gasteiger partial charge in [0.15, 0.2) is 0 Å². The monoisotopic (exact) mass is 358 g/mol. The van der Waals surface area contributed by atoms with E-state index in [1.54, 1.807) is 18.2 Å². The van der Waals surface area contributed by atoms with Gasteiger partial charge in [0.2, 0.25) is 11.8 Å². The molecular weight excluding hydrogens is 343 g/mol. The second-order valence-corrected chi connectivity index (χ2v) is 6.16. The van der Waals surface area contributed by atoms with Crippen molar-refractivity contribution in [1.82, 2.24) is 10.6 Å². The van der Waals surface area contributed by atoms with Crippen molar-refractivity contribution in [3.05, 3.63) is 82.3 Å². The average molecular weight is 359 g/mol. The lowest BCUT2D eigenvalue weighted by Gasteiger charge is -2.24. The van der Waals surface area contributed by atoms with Crippen molar-refractivity contribution in [2.24, 2.45) is 0 Å². The van der Waals surface area contributed by atoms with E-state index in [4.69, 9.17) is 11.6 Å². The molecule has 1 atom stereocenters. The van der Waals surface area contributed by atoms with E-state index in [0.717, 1.165) is 5.56 Å². The summed E-state index contributed by atoms with van der Waals surface area (Å²) >= 11 is 6.09. The predicted octanol–water partition coefficient (Wildman–Crippen LogP) is 3.28. The molecule has 128 valence electrons. The van der Waals surface area contributed by atoms with Crippen molar-refractivity contribution < 1.29 is 14.0 Å². The third-order valence-electron chi connectivity index (χ3n) is 4.06. The van der Waals surface area contributed by atoms with Gasteiger partial charge in [-0.25, -0.2) is 4.39 Å². The summed E-state index contributed by atoms with van der Waals surface area (Å²) in [5, 5.41) is 5.92. The molecular formula is C19H16ClFN2O2. The minimum absolute atomic E-state index is 0.0921. The zero-order valence-corrected chi connectivity index (χ0v) is 14.0. The Kier molecular flexibility index (Phi) is 5.14. The van der Waals surface area contributed by atoms with Gasteiger partial charge in [-0.05, 0) is 29.3 Å². The Labute approximate surface area is 149 Å². The highest BCUT2D eigenvalue weighted by atomic mass is 35.5. The first kappa shape index (κ1) is 17.2. The maximum atomic E-state index is 13.5. The van der Waals surface area contributed by atoms with Crippen LogP contribution in [0.1, 0.15) is 23.5 Å². The van der Waals surface area contributed by atoms with Crippen LogP contribution >= 0.6 is 11.6 Å². The maximum Gasteiger partial charge on any atom is 0.249 e. The highest BCUT2D eigenvalue weighted by Gasteiger charge is 2.28. The van der Waals surface area contributed by atoms with Gasteiger partial charge in [0, 0.05) is 35.7 Å². The van der Waals surface area contributed by atoms with E-state index < -0.39 is 11.7 Å². The Hall–Kier alpha value is -2.66. The highest BCUT2D eigenvalue weighted by molar-refractivity contribution is 6.31. The lowest BCUT2D eigenvalue weighted by Crippen LogP contribution is -2.34. The summed E-state index contributed by atoms with van der Waals surface area (Å²) in [5.41, 5.74) is 1.77. The molecule has 1 heterocycles. The molecule has 0 aromatic heterocycles. The van der Waals surface area contributed by atoms with E-state index in [9.17, 15) is 14.0 Å². The van der Waals surface area contributed by atoms with Gasteiger partial charge in [0.25, 0.3) is 0 Å². The number of carbonyl (C=O) groups excluding carboxylic acids is 2. The zero-order valence-electron chi connectivity index (χ0n) is 13.3. The van der Waals surface area contributed by atoms with Crippen LogP contribution in [0.15, 0.2) is 60.3 Å². The van der Waals surface area contributed by atoms with Crippen molar-refractivity contribution in [2.75, 3.05) is 0 Å². The number of amides is 2. The molecule has 1 unspecified atom stereocenters. The van der Waals surface area contributed by atoms with Crippen LogP contribution in [0.4, 0.5) is 4.39 Å². The normalized spacial score (nSPS) is 16.8. The summed E-state index contributed by atoms with van der Waals surface area (Å²) in [6.07, 6.45) is 1.48. The molecule has 25 heavy (non-hydrogen) atoms. The number of halogens is 2. The third-order valence-corrected chi connectivity index (χ3v) is 4.43. The van der Waals surface area contributed by atoms with Gasteiger partial charge in [-0.15, -0.1) is 0 Å². The van der Waals surface area contributed by atoms with E-state index in [0.29, 0.717) is 16.2 Å². The second-order valence-electron chi connectivity index (χ2n) is 5.75. The molecule has 0 saturated heterocycles. The molecule has 0 saturated carbocycles. The van der Waals surface area contributed by atoms with Crippen molar-refractivity contribution in [1.29, 1.82) is 0 Å². The fraction of sp³-hybridized carbons (Fsp3) is 0.158. The van der Waals surface area contributed by atoms with Crippen molar-refractivity contribution in [2.45, 2.75) is 18.9 Å². The van der Waals surface area contributed by atoms with Gasteiger partial charge in [0.1, 0.15) is 5.82 Å². The standard InChI is InChI=1S/C19H16ClFN2O2/c20-17-7-2-1-4-13(17)10-23-19(25)16-11-22-18(24)9-15(16)12-5-3-6-14(21)8-12/h1-8,11,15H,9-10H2,(H,22,24)(H,23,25). The first-order valence-corrected chi connectivity index (χ1v) is 8.19. The number of hydrogen-bond donors (Lipinski definition) is 2. The Morgan fingerprint density at radius 3 is 2.80 bits per heavy atom. The van der Waals surface area contributed by atoms with Crippen LogP contribution in [0, 0.1) is 5.82 Å². The minimum atomic E-state index is -0.490. The van der Waals surface area contributed by atoms with Crippen LogP contribution in [0.25, 0.3) is 0 Å². The summed E-state index contributed by atoms with van der Waals surface area (Å²) in [4.78, 5) is 24.3. The van der Waals surface area contributed by atoms with Gasteiger partial charge in [0.05, 0.1) is 0 Å². The SMILES string of the molecule is O=C1CC(c2cccc(F)c2)C(C(=O)NCc2ccccc2Cl)=CN1. The molecule has 3 rings (SSSR count). The van der Waals surface area contributed by atoms with Gasteiger partial charge in [-0.3, -0.25) is 9.59 Å². The van der Waals surface area contributed by atoms with E-state index in [2.05, 4.69) is 10.6 Å². The van der Waals surface area contributed by atoms with Crippen LogP contribution in [-0.2, 0) is 16.1 Å². The largest absolute Gasteiger partial charge is 0.348 e. The molecule has 1 aliphatic rings. The number of benzene rings is 2. The summed E-state index contributed by atoms with van der Waals surface area (Å²) in [6.45, 7) is 0.264. The Morgan fingerprint density at radius 2 is 2.04 bits per heavy atom. The molecule has 2 aromatic rings. The molecule has 6 heteroatoms. The van der Waals surface area contributed by atoms with Gasteiger partial charge >= 0.3 is 0 Å². The van der Waals surface area contributed by atoms with Gasteiger partial charge in [-0.2, -0.15) is 0 Å². The molecule has 0 fully saturated rings. The molecule has 1 aliphatic heterocycles. The molecule has 2 aromatic carbocycles. The summed E-state index contributed by atoms with van der Waals surface area (Å²) < 4.78 is 13.5. The van der Waals surface area contributed by atoms with E-state index in [1.165, 1.54) is 18.3 Å². The van der Waals surface area contributed by atoms with Crippen LogP contribution in [0.2, 0.25) is 5.02 Å². The quantitative estimate of drug-likeness (QED) is 0.881. The fourth-order valence-corrected chi connectivity index (χ4v) is 2.98. The highest BCUT2D eigenvalue weighted by Crippen LogP contribution is 2.30. The summed E-state index contributed by atoms with van der Waals surface area (Å²) in [7, 11) is 0. The second kappa shape index (κ2) is 7.49. The van der Waals surface area contributed by atoms with Crippen molar-refractivity contribution >= 4 is 23.4 Å². The van der Waals surface area contributed by atoms with E-state index in [-0.39, 0.29) is 24.8 Å². The Bertz CT molecular complexity index is 851. The predicted molar refractivity (Wildman–Crippen MR) is 93.3 cm³/mol. The van der Waals surface area contributed by atoms with Crippen LogP contribution < -0.4 is 10.6 Å². The molecule has 0 aliphatic carbocycles. The van der Waals surface area contributed by atoms with Crippen molar-refractivity contribution in [3.63, 3.8) is 0 Å². The molecule has 0 spiro atoms. The average Bonchev–Trinajstić information content (AvgIpc) is 2.60. The Balaban J connectivity index is 1.79. The molecule has 0 bridgehead atoms. The summed E-state index contributed by atoms with van der Waals surface area (Å²) in [6, 6.07) is 13.2. The maximum absolute atomic E-state index is 13.5. The van der Waals surface area contributed by atoms with E-state index in [1.807, 2.05) is 18.2 Å². The third kappa shape index (κ3) is 4.06. The lowest BCUT2D eigenvalue weighted by atomic mass is 9.86. The topological polar surface area (TPSA) is 58.2 Å². The van der Waals surface area contributed by atoms with Gasteiger partial charge in [-0.1, -0.05) is 41.9 Å². The molecule has 2 N–H and O–H groups in total. The first-order chi connectivity index (χ1) is 12.0. The van der Waals surface area contributed by atoms with Gasteiger partial charge < -0.3 is 10.6 Å². The van der Waals surface area contributed by atoms with Crippen LogP contribution in [-0.4, -0.2) is 11.8 Å². The smallest absolute Gasteiger partial charge is 0.249 e. The van der Waals surface area contributed by atoms with Crippen LogP contribution in [0.3, 0.4) is 0 Å². The molecule has 2 amide bonds. The zero-order chi connectivity index (χ0) is 17.8. The fourth-order valence-electron chi connectivity index (χ4n) is 2.78. The first-order valence-electron chi connectivity index (χ1n) is 7.81. The van der Waals surface area contributed by atoms with E-state index >= 15 is 0 Å². The number of rotatable bonds is 4.